The molecule has 0 bridgehead atoms. The minimum absolute atomic E-state index is 0.468. The first-order valence-corrected chi connectivity index (χ1v) is 10.3. The molecule has 2 saturated heterocycles. The van der Waals surface area contributed by atoms with E-state index < -0.39 is 22.8 Å². The zero-order valence-electron chi connectivity index (χ0n) is 14.2. The maximum absolute atomic E-state index is 11.7. The van der Waals surface area contributed by atoms with Crippen LogP contribution in [-0.2, 0) is 17.0 Å². The molecule has 3 heterocycles. The van der Waals surface area contributed by atoms with Crippen LogP contribution in [0.15, 0.2) is 18.5 Å². The van der Waals surface area contributed by atoms with Crippen molar-refractivity contribution in [2.24, 2.45) is 5.41 Å². The highest BCUT2D eigenvalue weighted by atomic mass is 32.2. The summed E-state index contributed by atoms with van der Waals surface area (Å²) in [5.41, 5.74) is 0.488. The average molecular weight is 375 g/mol. The van der Waals surface area contributed by atoms with Gasteiger partial charge in [-0.3, -0.25) is 9.11 Å². The number of rotatable bonds is 1. The van der Waals surface area contributed by atoms with Crippen molar-refractivity contribution in [1.29, 1.82) is 0 Å². The summed E-state index contributed by atoms with van der Waals surface area (Å²) in [6.07, 6.45) is 6.13. The molecule has 0 N–H and O–H groups in total. The molecule has 0 unspecified atom stereocenters. The molecule has 0 radical (unpaired) electrons. The van der Waals surface area contributed by atoms with Gasteiger partial charge in [0.2, 0.25) is 5.82 Å². The van der Waals surface area contributed by atoms with Gasteiger partial charge in [-0.1, -0.05) is 19.3 Å². The topological polar surface area (TPSA) is 46.1 Å². The number of hydrogen-bond donors (Lipinski definition) is 0. The Balaban J connectivity index is 0.000000160. The largest absolute Gasteiger partial charge is 0.451 e. The Morgan fingerprint density at radius 2 is 1.76 bits per heavy atom. The van der Waals surface area contributed by atoms with Gasteiger partial charge in [0.1, 0.15) is 0 Å². The fourth-order valence-electron chi connectivity index (χ4n) is 4.05. The third-order valence-corrected chi connectivity index (χ3v) is 7.18. The SMILES string of the molecule is FC(F)(F)c1ncccn1.O=S1CC2(CCN(C3CCCCC3)C2)C1. The zero-order chi connectivity index (χ0) is 17.9. The predicted molar refractivity (Wildman–Crippen MR) is 90.4 cm³/mol. The minimum Gasteiger partial charge on any atom is -0.300 e. The molecular weight excluding hydrogens is 351 g/mol. The second-order valence-electron chi connectivity index (χ2n) is 7.31. The normalized spacial score (nSPS) is 30.6. The molecule has 4 nitrogen and oxygen atoms in total. The van der Waals surface area contributed by atoms with Gasteiger partial charge < -0.3 is 0 Å². The van der Waals surface area contributed by atoms with Crippen LogP contribution >= 0.6 is 0 Å². The highest BCUT2D eigenvalue weighted by Crippen LogP contribution is 2.41. The van der Waals surface area contributed by atoms with Crippen LogP contribution in [0.1, 0.15) is 44.3 Å². The summed E-state index contributed by atoms with van der Waals surface area (Å²) >= 11 is 0. The van der Waals surface area contributed by atoms with Crippen LogP contribution in [0.4, 0.5) is 13.2 Å². The van der Waals surface area contributed by atoms with Gasteiger partial charge in [0.15, 0.2) is 0 Å². The summed E-state index contributed by atoms with van der Waals surface area (Å²) < 4.78 is 46.2. The summed E-state index contributed by atoms with van der Waals surface area (Å²) in [6, 6.07) is 2.20. The molecule has 1 aliphatic carbocycles. The maximum atomic E-state index is 11.7. The highest BCUT2D eigenvalue weighted by molar-refractivity contribution is 7.86. The number of halogens is 3. The number of alkyl halides is 3. The fraction of sp³-hybridized carbons (Fsp3) is 0.765. The van der Waals surface area contributed by atoms with E-state index in [0.29, 0.717) is 5.41 Å². The predicted octanol–water partition coefficient (Wildman–Crippen LogP) is 3.27. The van der Waals surface area contributed by atoms with E-state index in [4.69, 9.17) is 0 Å². The van der Waals surface area contributed by atoms with Crippen molar-refractivity contribution in [3.8, 4) is 0 Å². The van der Waals surface area contributed by atoms with Gasteiger partial charge in [-0.2, -0.15) is 13.2 Å². The molecule has 0 amide bonds. The average Bonchev–Trinajstić information content (AvgIpc) is 3.01. The van der Waals surface area contributed by atoms with Gasteiger partial charge in [-0.05, 0) is 31.9 Å². The zero-order valence-corrected chi connectivity index (χ0v) is 15.0. The molecule has 3 fully saturated rings. The first kappa shape index (κ1) is 18.8. The van der Waals surface area contributed by atoms with Crippen molar-refractivity contribution in [3.63, 3.8) is 0 Å². The quantitative estimate of drug-likeness (QED) is 0.756. The van der Waals surface area contributed by atoms with Crippen LogP contribution < -0.4 is 0 Å². The number of hydrogen-bond acceptors (Lipinski definition) is 4. The molecule has 8 heteroatoms. The Kier molecular flexibility index (Phi) is 5.78. The van der Waals surface area contributed by atoms with E-state index in [1.165, 1.54) is 57.7 Å². The Morgan fingerprint density at radius 3 is 2.28 bits per heavy atom. The van der Waals surface area contributed by atoms with Gasteiger partial charge in [-0.25, -0.2) is 9.97 Å². The van der Waals surface area contributed by atoms with Crippen LogP contribution in [0.3, 0.4) is 0 Å². The Hall–Kier alpha value is -1.02. The molecular formula is C17H24F3N3OS. The van der Waals surface area contributed by atoms with Crippen LogP contribution in [0, 0.1) is 5.41 Å². The number of likely N-dealkylation sites (tertiary alicyclic amines) is 1. The third-order valence-electron chi connectivity index (χ3n) is 5.31. The van der Waals surface area contributed by atoms with Crippen molar-refractivity contribution >= 4 is 10.8 Å². The highest BCUT2D eigenvalue weighted by Gasteiger charge is 2.48. The summed E-state index contributed by atoms with van der Waals surface area (Å²) in [7, 11) is -0.468. The Morgan fingerprint density at radius 1 is 1.12 bits per heavy atom. The molecule has 2 aliphatic heterocycles. The lowest BCUT2D eigenvalue weighted by molar-refractivity contribution is -0.145. The Bertz CT molecular complexity index is 583. The monoisotopic (exact) mass is 375 g/mol. The van der Waals surface area contributed by atoms with Crippen LogP contribution in [0.25, 0.3) is 0 Å². The van der Waals surface area contributed by atoms with Crippen molar-refractivity contribution in [1.82, 2.24) is 14.9 Å². The lowest BCUT2D eigenvalue weighted by Gasteiger charge is -2.39. The standard InChI is InChI=1S/C12H21NOS.C5H3F3N2/c14-15-9-12(10-15)6-7-13(8-12)11-4-2-1-3-5-11;6-5(7,8)4-9-2-1-3-10-4/h11H,1-10H2;1-3H. The van der Waals surface area contributed by atoms with E-state index in [9.17, 15) is 17.4 Å². The second kappa shape index (κ2) is 7.70. The van der Waals surface area contributed by atoms with Crippen LogP contribution in [-0.4, -0.2) is 49.7 Å². The molecule has 1 spiro atoms. The van der Waals surface area contributed by atoms with E-state index in [1.54, 1.807) is 0 Å². The fourth-order valence-corrected chi connectivity index (χ4v) is 5.80. The molecule has 25 heavy (non-hydrogen) atoms. The summed E-state index contributed by atoms with van der Waals surface area (Å²) in [5, 5.41) is 0. The van der Waals surface area contributed by atoms with E-state index in [0.717, 1.165) is 29.9 Å². The van der Waals surface area contributed by atoms with Gasteiger partial charge in [-0.15, -0.1) is 0 Å². The number of nitrogens with zero attached hydrogens (tertiary/aromatic N) is 3. The summed E-state index contributed by atoms with van der Waals surface area (Å²) in [4.78, 5) is 8.73. The molecule has 1 saturated carbocycles. The molecule has 3 aliphatic rings. The molecule has 1 aromatic heterocycles. The molecule has 4 rings (SSSR count). The molecule has 1 aromatic rings. The van der Waals surface area contributed by atoms with E-state index in [1.807, 2.05) is 0 Å². The minimum atomic E-state index is -4.43. The maximum Gasteiger partial charge on any atom is 0.451 e. The van der Waals surface area contributed by atoms with Crippen molar-refractivity contribution in [3.05, 3.63) is 24.3 Å². The smallest absolute Gasteiger partial charge is 0.300 e. The first-order chi connectivity index (χ1) is 11.9. The second-order valence-corrected chi connectivity index (χ2v) is 8.77. The van der Waals surface area contributed by atoms with E-state index in [-0.39, 0.29) is 0 Å². The molecule has 140 valence electrons. The summed E-state index contributed by atoms with van der Waals surface area (Å²) in [5.74, 6) is 0.891. The number of aromatic nitrogens is 2. The third kappa shape index (κ3) is 4.78. The Labute approximate surface area is 148 Å². The lowest BCUT2D eigenvalue weighted by atomic mass is 9.90. The van der Waals surface area contributed by atoms with Gasteiger partial charge in [0, 0.05) is 52.7 Å². The van der Waals surface area contributed by atoms with Crippen molar-refractivity contribution in [2.45, 2.75) is 50.7 Å². The summed E-state index contributed by atoms with van der Waals surface area (Å²) in [6.45, 7) is 2.53. The van der Waals surface area contributed by atoms with E-state index >= 15 is 0 Å². The van der Waals surface area contributed by atoms with Crippen LogP contribution in [0.2, 0.25) is 0 Å². The lowest BCUT2D eigenvalue weighted by Crippen LogP contribution is -2.48. The van der Waals surface area contributed by atoms with Crippen molar-refractivity contribution in [2.75, 3.05) is 24.6 Å². The first-order valence-electron chi connectivity index (χ1n) is 8.81. The van der Waals surface area contributed by atoms with Crippen molar-refractivity contribution < 1.29 is 17.4 Å². The van der Waals surface area contributed by atoms with Crippen LogP contribution in [0.5, 0.6) is 0 Å². The van der Waals surface area contributed by atoms with Gasteiger partial charge in [0.05, 0.1) is 0 Å². The van der Waals surface area contributed by atoms with E-state index in [2.05, 4.69) is 14.9 Å². The van der Waals surface area contributed by atoms with Gasteiger partial charge in [0.25, 0.3) is 0 Å². The molecule has 0 aromatic carbocycles. The molecule has 0 atom stereocenters. The van der Waals surface area contributed by atoms with Gasteiger partial charge >= 0.3 is 6.18 Å².